The van der Waals surface area contributed by atoms with Crippen molar-refractivity contribution in [3.05, 3.63) is 33.8 Å². The monoisotopic (exact) mass is 326 g/mol. The lowest BCUT2D eigenvalue weighted by atomic mass is 10.1. The van der Waals surface area contributed by atoms with Gasteiger partial charge in [-0.2, -0.15) is 13.2 Å². The Balaban J connectivity index is 3.08. The van der Waals surface area contributed by atoms with Gasteiger partial charge in [0.1, 0.15) is 0 Å². The fourth-order valence-corrected chi connectivity index (χ4v) is 1.49. The SMILES string of the molecule is O=C(O)NNC(=O)c1ccc(Br)cc1C(F)(F)F. The van der Waals surface area contributed by atoms with E-state index in [2.05, 4.69) is 15.9 Å². The molecular weight excluding hydrogens is 321 g/mol. The van der Waals surface area contributed by atoms with E-state index >= 15 is 0 Å². The average molecular weight is 327 g/mol. The van der Waals surface area contributed by atoms with Crippen molar-refractivity contribution in [1.82, 2.24) is 10.9 Å². The molecule has 0 heterocycles. The van der Waals surface area contributed by atoms with Crippen LogP contribution in [0.5, 0.6) is 0 Å². The van der Waals surface area contributed by atoms with Crippen LogP contribution in [0.1, 0.15) is 15.9 Å². The minimum Gasteiger partial charge on any atom is -0.464 e. The lowest BCUT2D eigenvalue weighted by Gasteiger charge is -2.13. The van der Waals surface area contributed by atoms with E-state index in [1.807, 2.05) is 0 Å². The van der Waals surface area contributed by atoms with Crippen LogP contribution < -0.4 is 10.9 Å². The van der Waals surface area contributed by atoms with Crippen molar-refractivity contribution in [1.29, 1.82) is 0 Å². The number of rotatable bonds is 1. The standard InChI is InChI=1S/C9H6BrF3N2O3/c10-4-1-2-5(6(3-4)9(11,12)13)7(16)14-15-8(17)18/h1-3,15H,(H,14,16)(H,17,18). The van der Waals surface area contributed by atoms with Gasteiger partial charge >= 0.3 is 12.3 Å². The van der Waals surface area contributed by atoms with E-state index in [9.17, 15) is 22.8 Å². The highest BCUT2D eigenvalue weighted by Gasteiger charge is 2.35. The summed E-state index contributed by atoms with van der Waals surface area (Å²) in [7, 11) is 0. The maximum absolute atomic E-state index is 12.6. The minimum absolute atomic E-state index is 0.151. The zero-order chi connectivity index (χ0) is 13.9. The predicted octanol–water partition coefficient (Wildman–Crippen LogP) is 2.38. The van der Waals surface area contributed by atoms with Gasteiger partial charge in [-0.1, -0.05) is 15.9 Å². The summed E-state index contributed by atoms with van der Waals surface area (Å²) in [5, 5.41) is 8.23. The minimum atomic E-state index is -4.72. The summed E-state index contributed by atoms with van der Waals surface area (Å²) < 4.78 is 38.1. The lowest BCUT2D eigenvalue weighted by Crippen LogP contribution is -2.41. The lowest BCUT2D eigenvalue weighted by molar-refractivity contribution is -0.138. The average Bonchev–Trinajstić information content (AvgIpc) is 2.24. The number of hydrogen-bond acceptors (Lipinski definition) is 2. The summed E-state index contributed by atoms with van der Waals surface area (Å²) >= 11 is 2.86. The first kappa shape index (κ1) is 14.3. The summed E-state index contributed by atoms with van der Waals surface area (Å²) in [6.45, 7) is 0. The van der Waals surface area contributed by atoms with Gasteiger partial charge in [0.25, 0.3) is 5.91 Å². The van der Waals surface area contributed by atoms with Gasteiger partial charge in [0.05, 0.1) is 11.1 Å². The second-order valence-electron chi connectivity index (χ2n) is 3.07. The molecule has 0 unspecified atom stereocenters. The second kappa shape index (κ2) is 5.25. The Labute approximate surface area is 107 Å². The Bertz CT molecular complexity index is 490. The molecule has 0 atom stereocenters. The third kappa shape index (κ3) is 3.62. The Hall–Kier alpha value is -1.77. The van der Waals surface area contributed by atoms with Gasteiger partial charge in [0.2, 0.25) is 0 Å². The van der Waals surface area contributed by atoms with Crippen LogP contribution in [0.4, 0.5) is 18.0 Å². The van der Waals surface area contributed by atoms with E-state index in [1.165, 1.54) is 11.5 Å². The van der Waals surface area contributed by atoms with Crippen LogP contribution in [0.15, 0.2) is 22.7 Å². The molecule has 0 aliphatic rings. The quantitative estimate of drug-likeness (QED) is 0.693. The van der Waals surface area contributed by atoms with Crippen molar-refractivity contribution < 1.29 is 27.9 Å². The molecule has 0 fully saturated rings. The van der Waals surface area contributed by atoms with Crippen molar-refractivity contribution in [3.8, 4) is 0 Å². The Morgan fingerprint density at radius 3 is 2.33 bits per heavy atom. The smallest absolute Gasteiger partial charge is 0.423 e. The van der Waals surface area contributed by atoms with Gasteiger partial charge in [-0.25, -0.2) is 10.2 Å². The molecule has 0 aromatic heterocycles. The summed E-state index contributed by atoms with van der Waals surface area (Å²) in [5.41, 5.74) is 1.26. The van der Waals surface area contributed by atoms with Crippen molar-refractivity contribution in [2.24, 2.45) is 0 Å². The van der Waals surface area contributed by atoms with Gasteiger partial charge in [-0.05, 0) is 18.2 Å². The third-order valence-electron chi connectivity index (χ3n) is 1.81. The molecule has 3 N–H and O–H groups in total. The fourth-order valence-electron chi connectivity index (χ4n) is 1.13. The normalized spacial score (nSPS) is 10.9. The molecule has 1 aromatic carbocycles. The maximum atomic E-state index is 12.6. The fraction of sp³-hybridized carbons (Fsp3) is 0.111. The van der Waals surface area contributed by atoms with Crippen molar-refractivity contribution in [2.45, 2.75) is 6.18 Å². The van der Waals surface area contributed by atoms with Crippen LogP contribution in [-0.4, -0.2) is 17.1 Å². The first-order chi connectivity index (χ1) is 8.21. The molecule has 1 rings (SSSR count). The molecule has 98 valence electrons. The molecule has 0 saturated carbocycles. The van der Waals surface area contributed by atoms with E-state index < -0.39 is 29.3 Å². The van der Waals surface area contributed by atoms with Crippen LogP contribution >= 0.6 is 15.9 Å². The van der Waals surface area contributed by atoms with E-state index in [4.69, 9.17) is 5.11 Å². The number of amides is 2. The molecular formula is C9H6BrF3N2O3. The number of hydrogen-bond donors (Lipinski definition) is 3. The van der Waals surface area contributed by atoms with Crippen LogP contribution in [0.3, 0.4) is 0 Å². The third-order valence-corrected chi connectivity index (χ3v) is 2.31. The van der Waals surface area contributed by atoms with Gasteiger partial charge in [0, 0.05) is 4.47 Å². The summed E-state index contributed by atoms with van der Waals surface area (Å²) in [5.74, 6) is -1.20. The Morgan fingerprint density at radius 2 is 1.83 bits per heavy atom. The zero-order valence-electron chi connectivity index (χ0n) is 8.51. The molecule has 0 aliphatic heterocycles. The molecule has 0 radical (unpaired) electrons. The summed E-state index contributed by atoms with van der Waals surface area (Å²) in [4.78, 5) is 21.5. The summed E-state index contributed by atoms with van der Waals surface area (Å²) in [6, 6.07) is 2.91. The molecule has 2 amide bonds. The Kier molecular flexibility index (Phi) is 4.17. The molecule has 0 aliphatic carbocycles. The molecule has 9 heteroatoms. The van der Waals surface area contributed by atoms with E-state index in [0.29, 0.717) is 0 Å². The van der Waals surface area contributed by atoms with Crippen LogP contribution in [0, 0.1) is 0 Å². The zero-order valence-corrected chi connectivity index (χ0v) is 10.1. The maximum Gasteiger partial charge on any atom is 0.423 e. The van der Waals surface area contributed by atoms with Gasteiger partial charge in [0.15, 0.2) is 0 Å². The van der Waals surface area contributed by atoms with E-state index in [-0.39, 0.29) is 4.47 Å². The molecule has 0 bridgehead atoms. The number of benzene rings is 1. The first-order valence-corrected chi connectivity index (χ1v) is 5.17. The Morgan fingerprint density at radius 1 is 1.22 bits per heavy atom. The highest BCUT2D eigenvalue weighted by Crippen LogP contribution is 2.33. The van der Waals surface area contributed by atoms with Crippen molar-refractivity contribution >= 4 is 27.9 Å². The van der Waals surface area contributed by atoms with Gasteiger partial charge < -0.3 is 5.11 Å². The molecule has 5 nitrogen and oxygen atoms in total. The first-order valence-electron chi connectivity index (χ1n) is 4.38. The van der Waals surface area contributed by atoms with Crippen molar-refractivity contribution in [3.63, 3.8) is 0 Å². The van der Waals surface area contributed by atoms with Crippen LogP contribution in [-0.2, 0) is 6.18 Å². The number of alkyl halides is 3. The van der Waals surface area contributed by atoms with Crippen molar-refractivity contribution in [2.75, 3.05) is 0 Å². The van der Waals surface area contributed by atoms with Crippen LogP contribution in [0.25, 0.3) is 0 Å². The number of nitrogens with one attached hydrogen (secondary N) is 2. The van der Waals surface area contributed by atoms with E-state index in [1.54, 1.807) is 5.43 Å². The molecule has 0 saturated heterocycles. The topological polar surface area (TPSA) is 78.4 Å². The number of carbonyl (C=O) groups excluding carboxylic acids is 1. The number of hydrazine groups is 1. The summed E-state index contributed by atoms with van der Waals surface area (Å²) in [6.07, 6.45) is -6.31. The van der Waals surface area contributed by atoms with Gasteiger partial charge in [-0.3, -0.25) is 10.2 Å². The predicted molar refractivity (Wildman–Crippen MR) is 57.8 cm³/mol. The van der Waals surface area contributed by atoms with E-state index in [0.717, 1.165) is 12.1 Å². The second-order valence-corrected chi connectivity index (χ2v) is 3.99. The molecule has 1 aromatic rings. The highest BCUT2D eigenvalue weighted by molar-refractivity contribution is 9.10. The molecule has 18 heavy (non-hydrogen) atoms. The highest BCUT2D eigenvalue weighted by atomic mass is 79.9. The molecule has 0 spiro atoms. The van der Waals surface area contributed by atoms with Gasteiger partial charge in [-0.15, -0.1) is 0 Å². The largest absolute Gasteiger partial charge is 0.464 e. The van der Waals surface area contributed by atoms with Crippen LogP contribution in [0.2, 0.25) is 0 Å². The number of halogens is 4. The number of carboxylic acid groups (broad SMARTS) is 1. The number of carbonyl (C=O) groups is 2.